The lowest BCUT2D eigenvalue weighted by molar-refractivity contribution is -0.116. The second-order valence-electron chi connectivity index (χ2n) is 4.06. The summed E-state index contributed by atoms with van der Waals surface area (Å²) in [6.45, 7) is 0.815. The number of hydrogen-bond acceptors (Lipinski definition) is 4. The average molecular weight is 272 g/mol. The molecule has 0 fully saturated rings. The Kier molecular flexibility index (Phi) is 4.83. The molecule has 0 aliphatic rings. The monoisotopic (exact) mass is 272 g/mol. The van der Waals surface area contributed by atoms with Gasteiger partial charge in [0.2, 0.25) is 5.91 Å². The summed E-state index contributed by atoms with van der Waals surface area (Å²) in [6, 6.07) is 10.6. The van der Waals surface area contributed by atoms with Crippen LogP contribution in [0.4, 0.5) is 5.69 Å². The Morgan fingerprint density at radius 3 is 2.80 bits per heavy atom. The lowest BCUT2D eigenvalue weighted by Crippen LogP contribution is -2.26. The van der Waals surface area contributed by atoms with E-state index in [2.05, 4.69) is 5.32 Å². The van der Waals surface area contributed by atoms with Gasteiger partial charge in [-0.1, -0.05) is 0 Å². The van der Waals surface area contributed by atoms with Gasteiger partial charge in [-0.25, -0.2) is 0 Å². The molecule has 0 aliphatic heterocycles. The summed E-state index contributed by atoms with van der Waals surface area (Å²) in [5.74, 6) is 1.17. The van der Waals surface area contributed by atoms with E-state index in [0.29, 0.717) is 24.6 Å². The van der Waals surface area contributed by atoms with Gasteiger partial charge in [-0.2, -0.15) is 0 Å². The van der Waals surface area contributed by atoms with E-state index in [1.54, 1.807) is 48.7 Å². The zero-order valence-electron chi connectivity index (χ0n) is 10.9. The SMILES string of the molecule is Nc1ccc(OCCNC(=O)C=Cc2ccco2)cc1. The van der Waals surface area contributed by atoms with Crippen molar-refractivity contribution in [1.29, 1.82) is 0 Å². The molecule has 20 heavy (non-hydrogen) atoms. The summed E-state index contributed by atoms with van der Waals surface area (Å²) in [6.07, 6.45) is 4.58. The largest absolute Gasteiger partial charge is 0.492 e. The number of hydrogen-bond donors (Lipinski definition) is 2. The van der Waals surface area contributed by atoms with Crippen LogP contribution in [0.15, 0.2) is 53.2 Å². The first kappa shape index (κ1) is 13.7. The molecular formula is C15H16N2O3. The van der Waals surface area contributed by atoms with E-state index in [4.69, 9.17) is 14.9 Å². The van der Waals surface area contributed by atoms with Crippen LogP contribution in [0.1, 0.15) is 5.76 Å². The number of nitrogen functional groups attached to an aromatic ring is 1. The van der Waals surface area contributed by atoms with Gasteiger partial charge in [0.25, 0.3) is 0 Å². The number of carbonyl (C=O) groups is 1. The molecule has 0 saturated heterocycles. The molecule has 1 aromatic heterocycles. The van der Waals surface area contributed by atoms with Crippen LogP contribution < -0.4 is 15.8 Å². The van der Waals surface area contributed by atoms with E-state index in [1.807, 2.05) is 0 Å². The molecule has 3 N–H and O–H groups in total. The van der Waals surface area contributed by atoms with Gasteiger partial charge < -0.3 is 20.2 Å². The van der Waals surface area contributed by atoms with Crippen molar-refractivity contribution in [1.82, 2.24) is 5.32 Å². The zero-order valence-corrected chi connectivity index (χ0v) is 10.9. The number of benzene rings is 1. The zero-order chi connectivity index (χ0) is 14.2. The highest BCUT2D eigenvalue weighted by molar-refractivity contribution is 5.91. The van der Waals surface area contributed by atoms with Gasteiger partial charge in [0.15, 0.2) is 0 Å². The highest BCUT2D eigenvalue weighted by Gasteiger charge is 1.97. The lowest BCUT2D eigenvalue weighted by Gasteiger charge is -2.06. The van der Waals surface area contributed by atoms with Gasteiger partial charge in [0.05, 0.1) is 12.8 Å². The summed E-state index contributed by atoms with van der Waals surface area (Å²) in [4.78, 5) is 11.5. The van der Waals surface area contributed by atoms with Crippen molar-refractivity contribution in [2.45, 2.75) is 0 Å². The van der Waals surface area contributed by atoms with Crippen LogP contribution in [-0.4, -0.2) is 19.1 Å². The maximum absolute atomic E-state index is 11.5. The van der Waals surface area contributed by atoms with Crippen LogP contribution in [0.2, 0.25) is 0 Å². The number of furan rings is 1. The minimum absolute atomic E-state index is 0.192. The predicted molar refractivity (Wildman–Crippen MR) is 77.1 cm³/mol. The number of rotatable bonds is 6. The van der Waals surface area contributed by atoms with Crippen LogP contribution in [0.3, 0.4) is 0 Å². The average Bonchev–Trinajstić information content (AvgIpc) is 2.96. The molecular weight excluding hydrogens is 256 g/mol. The maximum Gasteiger partial charge on any atom is 0.244 e. The first-order valence-corrected chi connectivity index (χ1v) is 6.22. The van der Waals surface area contributed by atoms with Gasteiger partial charge in [-0.3, -0.25) is 4.79 Å². The van der Waals surface area contributed by atoms with E-state index in [-0.39, 0.29) is 5.91 Å². The number of ether oxygens (including phenoxy) is 1. The molecule has 5 heteroatoms. The van der Waals surface area contributed by atoms with Crippen molar-refractivity contribution in [2.75, 3.05) is 18.9 Å². The molecule has 0 saturated carbocycles. The van der Waals surface area contributed by atoms with Crippen molar-refractivity contribution >= 4 is 17.7 Å². The highest BCUT2D eigenvalue weighted by atomic mass is 16.5. The summed E-state index contributed by atoms with van der Waals surface area (Å²) >= 11 is 0. The molecule has 0 spiro atoms. The quantitative estimate of drug-likeness (QED) is 0.479. The highest BCUT2D eigenvalue weighted by Crippen LogP contribution is 2.12. The molecule has 0 bridgehead atoms. The Bertz CT molecular complexity index is 559. The summed E-state index contributed by atoms with van der Waals surface area (Å²) in [5, 5.41) is 2.71. The van der Waals surface area contributed by atoms with Crippen molar-refractivity contribution in [3.05, 3.63) is 54.5 Å². The normalized spacial score (nSPS) is 10.6. The second-order valence-corrected chi connectivity index (χ2v) is 4.06. The lowest BCUT2D eigenvalue weighted by atomic mass is 10.3. The Hall–Kier alpha value is -2.69. The van der Waals surface area contributed by atoms with E-state index >= 15 is 0 Å². The van der Waals surface area contributed by atoms with E-state index in [9.17, 15) is 4.79 Å². The fourth-order valence-corrected chi connectivity index (χ4v) is 1.51. The molecule has 0 unspecified atom stereocenters. The van der Waals surface area contributed by atoms with Gasteiger partial charge in [0.1, 0.15) is 18.1 Å². The third-order valence-corrected chi connectivity index (χ3v) is 2.49. The summed E-state index contributed by atoms with van der Waals surface area (Å²) < 4.78 is 10.5. The molecule has 1 heterocycles. The van der Waals surface area contributed by atoms with Crippen LogP contribution in [0.25, 0.3) is 6.08 Å². The number of anilines is 1. The van der Waals surface area contributed by atoms with E-state index < -0.39 is 0 Å². The maximum atomic E-state index is 11.5. The molecule has 2 aromatic rings. The second kappa shape index (κ2) is 7.04. The van der Waals surface area contributed by atoms with Crippen molar-refractivity contribution in [3.63, 3.8) is 0 Å². The molecule has 0 aliphatic carbocycles. The smallest absolute Gasteiger partial charge is 0.244 e. The summed E-state index contributed by atoms with van der Waals surface area (Å²) in [5.41, 5.74) is 6.26. The standard InChI is InChI=1S/C15H16N2O3/c16-12-3-5-14(6-4-12)20-11-9-17-15(18)8-7-13-2-1-10-19-13/h1-8,10H,9,11,16H2,(H,17,18). The molecule has 1 amide bonds. The Morgan fingerprint density at radius 2 is 2.10 bits per heavy atom. The molecule has 0 atom stereocenters. The molecule has 2 rings (SSSR count). The first-order chi connectivity index (χ1) is 9.74. The third-order valence-electron chi connectivity index (χ3n) is 2.49. The Labute approximate surface area is 117 Å². The van der Waals surface area contributed by atoms with Crippen LogP contribution in [-0.2, 0) is 4.79 Å². The van der Waals surface area contributed by atoms with Gasteiger partial charge >= 0.3 is 0 Å². The van der Waals surface area contributed by atoms with Gasteiger partial charge in [-0.15, -0.1) is 0 Å². The first-order valence-electron chi connectivity index (χ1n) is 6.22. The van der Waals surface area contributed by atoms with E-state index in [0.717, 1.165) is 5.75 Å². The van der Waals surface area contributed by atoms with Crippen LogP contribution in [0.5, 0.6) is 5.75 Å². The molecule has 104 valence electrons. The predicted octanol–water partition coefficient (Wildman–Crippen LogP) is 2.07. The fourth-order valence-electron chi connectivity index (χ4n) is 1.51. The minimum Gasteiger partial charge on any atom is -0.492 e. The van der Waals surface area contributed by atoms with Crippen molar-refractivity contribution < 1.29 is 13.9 Å². The summed E-state index contributed by atoms with van der Waals surface area (Å²) in [7, 11) is 0. The van der Waals surface area contributed by atoms with Crippen LogP contribution in [0, 0.1) is 0 Å². The number of carbonyl (C=O) groups excluding carboxylic acids is 1. The topological polar surface area (TPSA) is 77.5 Å². The van der Waals surface area contributed by atoms with Gasteiger partial charge in [-0.05, 0) is 42.5 Å². The van der Waals surface area contributed by atoms with E-state index in [1.165, 1.54) is 6.08 Å². The number of amides is 1. The van der Waals surface area contributed by atoms with Crippen LogP contribution >= 0.6 is 0 Å². The molecule has 0 radical (unpaired) electrons. The number of nitrogens with one attached hydrogen (secondary N) is 1. The fraction of sp³-hybridized carbons (Fsp3) is 0.133. The molecule has 5 nitrogen and oxygen atoms in total. The Balaban J connectivity index is 1.65. The van der Waals surface area contributed by atoms with Crippen molar-refractivity contribution in [3.8, 4) is 5.75 Å². The third kappa shape index (κ3) is 4.53. The minimum atomic E-state index is -0.192. The number of nitrogens with two attached hydrogens (primary N) is 1. The van der Waals surface area contributed by atoms with Crippen molar-refractivity contribution in [2.24, 2.45) is 0 Å². The van der Waals surface area contributed by atoms with Gasteiger partial charge in [0, 0.05) is 11.8 Å². The Morgan fingerprint density at radius 1 is 1.30 bits per heavy atom. The molecule has 1 aromatic carbocycles.